The zero-order valence-corrected chi connectivity index (χ0v) is 13.9. The van der Waals surface area contributed by atoms with Crippen molar-refractivity contribution < 1.29 is 28.6 Å². The first-order chi connectivity index (χ1) is 10.7. The Kier molecular flexibility index (Phi) is 6.56. The summed E-state index contributed by atoms with van der Waals surface area (Å²) in [6.07, 6.45) is -2.05. The first-order valence-electron chi connectivity index (χ1n) is 7.03. The number of carbonyl (C=O) groups excluding carboxylic acids is 3. The van der Waals surface area contributed by atoms with Crippen molar-refractivity contribution in [1.29, 1.82) is 0 Å². The molecular weight excluding hydrogens is 302 g/mol. The van der Waals surface area contributed by atoms with Gasteiger partial charge in [-0.05, 0) is 38.8 Å². The number of aryl methyl sites for hydroxylation is 3. The van der Waals surface area contributed by atoms with Gasteiger partial charge in [0.1, 0.15) is 5.75 Å². The van der Waals surface area contributed by atoms with Crippen molar-refractivity contribution in [2.75, 3.05) is 13.7 Å². The van der Waals surface area contributed by atoms with Gasteiger partial charge in [0.05, 0.1) is 7.11 Å². The summed E-state index contributed by atoms with van der Waals surface area (Å²) in [7, 11) is 1.12. The summed E-state index contributed by atoms with van der Waals surface area (Å²) in [5.74, 6) is -0.871. The van der Waals surface area contributed by atoms with Crippen LogP contribution < -0.4 is 10.1 Å². The zero-order valence-electron chi connectivity index (χ0n) is 13.9. The number of benzene rings is 1. The van der Waals surface area contributed by atoms with Gasteiger partial charge in [0.15, 0.2) is 12.7 Å². The van der Waals surface area contributed by atoms with E-state index >= 15 is 0 Å². The topological polar surface area (TPSA) is 90.9 Å². The lowest BCUT2D eigenvalue weighted by Gasteiger charge is -2.15. The molecule has 1 rings (SSSR count). The second-order valence-corrected chi connectivity index (χ2v) is 5.13. The van der Waals surface area contributed by atoms with E-state index in [0.717, 1.165) is 23.8 Å². The smallest absolute Gasteiger partial charge is 0.413 e. The molecule has 0 saturated carbocycles. The van der Waals surface area contributed by atoms with E-state index in [-0.39, 0.29) is 6.61 Å². The molecule has 0 aromatic heterocycles. The number of alkyl carbamates (subject to hydrolysis) is 1. The lowest BCUT2D eigenvalue weighted by molar-refractivity contribution is -0.156. The van der Waals surface area contributed by atoms with Crippen molar-refractivity contribution in [2.45, 2.75) is 33.8 Å². The molecular formula is C16H21NO6. The van der Waals surface area contributed by atoms with Gasteiger partial charge in [0.25, 0.3) is 5.91 Å². The molecule has 7 nitrogen and oxygen atoms in total. The van der Waals surface area contributed by atoms with Crippen molar-refractivity contribution in [1.82, 2.24) is 5.32 Å². The van der Waals surface area contributed by atoms with E-state index in [1.54, 1.807) is 0 Å². The Balaban J connectivity index is 2.55. The number of ether oxygens (including phenoxy) is 3. The van der Waals surface area contributed by atoms with Crippen LogP contribution in [0.4, 0.5) is 4.79 Å². The van der Waals surface area contributed by atoms with Crippen LogP contribution in [0.15, 0.2) is 12.1 Å². The van der Waals surface area contributed by atoms with E-state index in [2.05, 4.69) is 4.74 Å². The molecule has 1 atom stereocenters. The van der Waals surface area contributed by atoms with E-state index in [4.69, 9.17) is 9.47 Å². The van der Waals surface area contributed by atoms with Crippen LogP contribution in [0.2, 0.25) is 0 Å². The Morgan fingerprint density at radius 2 is 1.70 bits per heavy atom. The fraction of sp³-hybridized carbons (Fsp3) is 0.438. The van der Waals surface area contributed by atoms with Gasteiger partial charge >= 0.3 is 12.1 Å². The third kappa shape index (κ3) is 5.61. The molecule has 0 aliphatic heterocycles. The third-order valence-electron chi connectivity index (χ3n) is 3.03. The summed E-state index contributed by atoms with van der Waals surface area (Å²) in [6, 6.07) is 3.89. The van der Waals surface area contributed by atoms with Crippen molar-refractivity contribution in [2.24, 2.45) is 0 Å². The maximum Gasteiger partial charge on any atom is 0.413 e. The SMILES string of the molecule is COC(=O)NC(=O)[C@H](C)OC(=O)COc1c(C)cc(C)cc1C. The molecule has 0 fully saturated rings. The number of nitrogens with one attached hydrogen (secondary N) is 1. The first-order valence-corrected chi connectivity index (χ1v) is 7.03. The van der Waals surface area contributed by atoms with Gasteiger partial charge in [-0.3, -0.25) is 10.1 Å². The van der Waals surface area contributed by atoms with Crippen LogP contribution in [0.3, 0.4) is 0 Å². The number of hydrogen-bond acceptors (Lipinski definition) is 6. The molecule has 126 valence electrons. The summed E-state index contributed by atoms with van der Waals surface area (Å²) >= 11 is 0. The molecule has 0 bridgehead atoms. The molecule has 1 aromatic carbocycles. The van der Waals surface area contributed by atoms with Crippen LogP contribution >= 0.6 is 0 Å². The van der Waals surface area contributed by atoms with Gasteiger partial charge in [0.2, 0.25) is 0 Å². The van der Waals surface area contributed by atoms with Gasteiger partial charge in [-0.15, -0.1) is 0 Å². The summed E-state index contributed by atoms with van der Waals surface area (Å²) in [4.78, 5) is 34.2. The Morgan fingerprint density at radius 1 is 1.13 bits per heavy atom. The second kappa shape index (κ2) is 8.17. The number of esters is 1. The van der Waals surface area contributed by atoms with Crippen LogP contribution in [-0.4, -0.2) is 37.8 Å². The highest BCUT2D eigenvalue weighted by molar-refractivity contribution is 5.95. The van der Waals surface area contributed by atoms with E-state index in [1.807, 2.05) is 38.2 Å². The average Bonchev–Trinajstić information content (AvgIpc) is 2.45. The molecule has 0 unspecified atom stereocenters. The van der Waals surface area contributed by atoms with Crippen molar-refractivity contribution in [3.63, 3.8) is 0 Å². The Labute approximate surface area is 134 Å². The Hall–Kier alpha value is -2.57. The molecule has 2 amide bonds. The zero-order chi connectivity index (χ0) is 17.6. The summed E-state index contributed by atoms with van der Waals surface area (Å²) < 4.78 is 14.6. The molecule has 0 saturated heterocycles. The van der Waals surface area contributed by atoms with Gasteiger partial charge in [-0.2, -0.15) is 0 Å². The summed E-state index contributed by atoms with van der Waals surface area (Å²) in [6.45, 7) is 6.75. The average molecular weight is 323 g/mol. The highest BCUT2D eigenvalue weighted by atomic mass is 16.6. The molecule has 23 heavy (non-hydrogen) atoms. The molecule has 0 aliphatic rings. The predicted octanol–water partition coefficient (Wildman–Crippen LogP) is 1.80. The van der Waals surface area contributed by atoms with Crippen molar-refractivity contribution in [3.05, 3.63) is 28.8 Å². The van der Waals surface area contributed by atoms with Crippen LogP contribution in [-0.2, 0) is 19.1 Å². The van der Waals surface area contributed by atoms with Crippen molar-refractivity contribution in [3.8, 4) is 5.75 Å². The molecule has 1 N–H and O–H groups in total. The van der Waals surface area contributed by atoms with E-state index < -0.39 is 24.1 Å². The summed E-state index contributed by atoms with van der Waals surface area (Å²) in [5.41, 5.74) is 2.92. The molecule has 0 aliphatic carbocycles. The standard InChI is InChI=1S/C16H21NO6/c1-9-6-10(2)14(11(3)7-9)22-8-13(18)23-12(4)15(19)17-16(20)21-5/h6-7,12H,8H2,1-5H3,(H,17,19,20)/t12-/m0/s1. The minimum atomic E-state index is -1.13. The van der Waals surface area contributed by atoms with E-state index in [1.165, 1.54) is 6.92 Å². The van der Waals surface area contributed by atoms with Gasteiger partial charge < -0.3 is 14.2 Å². The van der Waals surface area contributed by atoms with E-state index in [9.17, 15) is 14.4 Å². The van der Waals surface area contributed by atoms with Crippen LogP contribution in [0.5, 0.6) is 5.75 Å². The maximum atomic E-state index is 11.7. The van der Waals surface area contributed by atoms with Gasteiger partial charge in [0, 0.05) is 0 Å². The molecule has 1 aromatic rings. The maximum absolute atomic E-state index is 11.7. The number of imide groups is 1. The van der Waals surface area contributed by atoms with Crippen molar-refractivity contribution >= 4 is 18.0 Å². The van der Waals surface area contributed by atoms with Crippen LogP contribution in [0.1, 0.15) is 23.6 Å². The molecule has 7 heteroatoms. The number of amides is 2. The highest BCUT2D eigenvalue weighted by Crippen LogP contribution is 2.24. The number of hydrogen-bond donors (Lipinski definition) is 1. The van der Waals surface area contributed by atoms with Crippen LogP contribution in [0.25, 0.3) is 0 Å². The largest absolute Gasteiger partial charge is 0.481 e. The van der Waals surface area contributed by atoms with Gasteiger partial charge in [-0.25, -0.2) is 9.59 Å². The monoisotopic (exact) mass is 323 g/mol. The quantitative estimate of drug-likeness (QED) is 0.831. The fourth-order valence-electron chi connectivity index (χ4n) is 2.06. The lowest BCUT2D eigenvalue weighted by Crippen LogP contribution is -2.40. The number of carbonyl (C=O) groups is 3. The van der Waals surface area contributed by atoms with Crippen LogP contribution in [0, 0.1) is 20.8 Å². The fourth-order valence-corrected chi connectivity index (χ4v) is 2.06. The lowest BCUT2D eigenvalue weighted by atomic mass is 10.1. The minimum absolute atomic E-state index is 0.333. The molecule has 0 heterocycles. The molecule has 0 spiro atoms. The van der Waals surface area contributed by atoms with E-state index in [0.29, 0.717) is 5.75 Å². The summed E-state index contributed by atoms with van der Waals surface area (Å²) in [5, 5.41) is 1.91. The van der Waals surface area contributed by atoms with Gasteiger partial charge in [-0.1, -0.05) is 17.7 Å². The predicted molar refractivity (Wildman–Crippen MR) is 82.2 cm³/mol. The molecule has 0 radical (unpaired) electrons. The minimum Gasteiger partial charge on any atom is -0.481 e. The number of methoxy groups -OCH3 is 1. The highest BCUT2D eigenvalue weighted by Gasteiger charge is 2.20. The Bertz CT molecular complexity index is 588. The first kappa shape index (κ1) is 18.5. The number of rotatable bonds is 5. The third-order valence-corrected chi connectivity index (χ3v) is 3.03. The second-order valence-electron chi connectivity index (χ2n) is 5.13. The normalized spacial score (nSPS) is 11.3. The Morgan fingerprint density at radius 3 is 2.22 bits per heavy atom.